The van der Waals surface area contributed by atoms with E-state index in [-0.39, 0.29) is 23.0 Å². The summed E-state index contributed by atoms with van der Waals surface area (Å²) in [7, 11) is 0. The van der Waals surface area contributed by atoms with Gasteiger partial charge in [0.15, 0.2) is 10.9 Å². The highest BCUT2D eigenvalue weighted by molar-refractivity contribution is 7.99. The largest absolute Gasteiger partial charge is 0.326 e. The molecule has 1 heterocycles. The standard InChI is InChI=1S/C17H19N3O3S/c1-4-14-10(2)18-17(20-16(14)23)24-9-15(22)12-5-7-13(8-6-12)19-11(3)21/h5-8H,4,9H2,1-3H3,(H,19,21)(H,18,20,23). The Kier molecular flexibility index (Phi) is 5.92. The predicted octanol–water partition coefficient (Wildman–Crippen LogP) is 2.57. The summed E-state index contributed by atoms with van der Waals surface area (Å²) >= 11 is 1.20. The fourth-order valence-electron chi connectivity index (χ4n) is 2.23. The molecule has 2 rings (SSSR count). The molecule has 0 atom stereocenters. The number of Topliss-reactive ketones (excluding diaryl/α,β-unsaturated/α-hetero) is 1. The number of hydrogen-bond donors (Lipinski definition) is 2. The first-order chi connectivity index (χ1) is 11.4. The second-order valence-electron chi connectivity index (χ2n) is 5.26. The van der Waals surface area contributed by atoms with Crippen LogP contribution in [0.1, 0.15) is 35.5 Å². The molecule has 0 unspecified atom stereocenters. The minimum Gasteiger partial charge on any atom is -0.326 e. The van der Waals surface area contributed by atoms with Crippen LogP contribution in [0.3, 0.4) is 0 Å². The molecule has 0 aliphatic rings. The summed E-state index contributed by atoms with van der Waals surface area (Å²) in [5.41, 5.74) is 2.39. The minimum absolute atomic E-state index is 0.0748. The Labute approximate surface area is 144 Å². The summed E-state index contributed by atoms with van der Waals surface area (Å²) in [6.45, 7) is 5.12. The van der Waals surface area contributed by atoms with E-state index in [2.05, 4.69) is 15.3 Å². The van der Waals surface area contributed by atoms with E-state index in [9.17, 15) is 14.4 Å². The van der Waals surface area contributed by atoms with E-state index in [4.69, 9.17) is 0 Å². The van der Waals surface area contributed by atoms with E-state index in [1.807, 2.05) is 6.92 Å². The van der Waals surface area contributed by atoms with Gasteiger partial charge >= 0.3 is 0 Å². The number of amides is 1. The number of anilines is 1. The molecule has 0 fully saturated rings. The molecule has 1 amide bonds. The molecule has 0 spiro atoms. The third-order valence-electron chi connectivity index (χ3n) is 3.42. The molecule has 7 heteroatoms. The van der Waals surface area contributed by atoms with Gasteiger partial charge in [-0.05, 0) is 37.6 Å². The zero-order valence-corrected chi connectivity index (χ0v) is 14.6. The quantitative estimate of drug-likeness (QED) is 0.477. The zero-order chi connectivity index (χ0) is 17.7. The van der Waals surface area contributed by atoms with E-state index >= 15 is 0 Å². The third kappa shape index (κ3) is 4.55. The maximum atomic E-state index is 12.2. The minimum atomic E-state index is -0.162. The number of nitrogens with zero attached hydrogens (tertiary/aromatic N) is 1. The van der Waals surface area contributed by atoms with Crippen LogP contribution in [0.4, 0.5) is 5.69 Å². The fourth-order valence-corrected chi connectivity index (χ4v) is 3.03. The van der Waals surface area contributed by atoms with E-state index in [0.717, 1.165) is 0 Å². The van der Waals surface area contributed by atoms with Crippen molar-refractivity contribution < 1.29 is 9.59 Å². The molecular weight excluding hydrogens is 326 g/mol. The molecule has 0 aliphatic carbocycles. The summed E-state index contributed by atoms with van der Waals surface area (Å²) < 4.78 is 0. The average Bonchev–Trinajstić information content (AvgIpc) is 2.52. The fraction of sp³-hybridized carbons (Fsp3) is 0.294. The number of thioether (sulfide) groups is 1. The van der Waals surface area contributed by atoms with Crippen LogP contribution in [0.2, 0.25) is 0 Å². The van der Waals surface area contributed by atoms with Gasteiger partial charge in [-0.15, -0.1) is 0 Å². The third-order valence-corrected chi connectivity index (χ3v) is 4.29. The van der Waals surface area contributed by atoms with Gasteiger partial charge in [0.25, 0.3) is 5.56 Å². The number of carbonyl (C=O) groups is 2. The first-order valence-corrected chi connectivity index (χ1v) is 8.52. The molecule has 6 nitrogen and oxygen atoms in total. The Morgan fingerprint density at radius 1 is 1.25 bits per heavy atom. The van der Waals surface area contributed by atoms with Crippen LogP contribution in [0, 0.1) is 6.92 Å². The highest BCUT2D eigenvalue weighted by Crippen LogP contribution is 2.16. The highest BCUT2D eigenvalue weighted by Gasteiger charge is 2.10. The predicted molar refractivity (Wildman–Crippen MR) is 94.8 cm³/mol. The van der Waals surface area contributed by atoms with Gasteiger partial charge in [-0.2, -0.15) is 0 Å². The van der Waals surface area contributed by atoms with Gasteiger partial charge in [0.05, 0.1) is 5.75 Å². The molecule has 0 radical (unpaired) electrons. The Bertz CT molecular complexity index is 813. The Morgan fingerprint density at radius 2 is 1.92 bits per heavy atom. The summed E-state index contributed by atoms with van der Waals surface area (Å²) in [6, 6.07) is 6.69. The molecule has 24 heavy (non-hydrogen) atoms. The van der Waals surface area contributed by atoms with E-state index in [1.54, 1.807) is 31.2 Å². The molecule has 2 N–H and O–H groups in total. The van der Waals surface area contributed by atoms with Gasteiger partial charge in [-0.1, -0.05) is 18.7 Å². The van der Waals surface area contributed by atoms with Gasteiger partial charge in [0.2, 0.25) is 5.91 Å². The lowest BCUT2D eigenvalue weighted by Gasteiger charge is -2.06. The molecule has 1 aromatic heterocycles. The number of aryl methyl sites for hydroxylation is 1. The van der Waals surface area contributed by atoms with Crippen LogP contribution in [-0.2, 0) is 11.2 Å². The topological polar surface area (TPSA) is 91.9 Å². The van der Waals surface area contributed by atoms with Gasteiger partial charge in [0.1, 0.15) is 0 Å². The van der Waals surface area contributed by atoms with Crippen LogP contribution in [0.15, 0.2) is 34.2 Å². The highest BCUT2D eigenvalue weighted by atomic mass is 32.2. The van der Waals surface area contributed by atoms with Gasteiger partial charge in [0, 0.05) is 29.4 Å². The number of aromatic amines is 1. The van der Waals surface area contributed by atoms with Crippen LogP contribution < -0.4 is 10.9 Å². The Morgan fingerprint density at radius 3 is 2.46 bits per heavy atom. The van der Waals surface area contributed by atoms with Gasteiger partial charge < -0.3 is 10.3 Å². The molecule has 1 aromatic carbocycles. The number of benzene rings is 1. The number of ketones is 1. The second-order valence-corrected chi connectivity index (χ2v) is 6.22. The number of H-pyrrole nitrogens is 1. The van der Waals surface area contributed by atoms with Crippen molar-refractivity contribution in [3.05, 3.63) is 51.4 Å². The summed E-state index contributed by atoms with van der Waals surface area (Å²) in [5.74, 6) is -0.0624. The zero-order valence-electron chi connectivity index (χ0n) is 13.8. The van der Waals surface area contributed by atoms with E-state index < -0.39 is 0 Å². The van der Waals surface area contributed by atoms with Crippen molar-refractivity contribution >= 4 is 29.1 Å². The second kappa shape index (κ2) is 7.92. The van der Waals surface area contributed by atoms with Gasteiger partial charge in [-0.25, -0.2) is 4.98 Å². The monoisotopic (exact) mass is 345 g/mol. The molecule has 0 saturated carbocycles. The maximum Gasteiger partial charge on any atom is 0.254 e. The lowest BCUT2D eigenvalue weighted by atomic mass is 10.1. The Hall–Kier alpha value is -2.41. The molecule has 0 aliphatic heterocycles. The first-order valence-electron chi connectivity index (χ1n) is 7.54. The van der Waals surface area contributed by atoms with Crippen molar-refractivity contribution in [2.45, 2.75) is 32.3 Å². The molecular formula is C17H19N3O3S. The van der Waals surface area contributed by atoms with Crippen LogP contribution in [-0.4, -0.2) is 27.4 Å². The van der Waals surface area contributed by atoms with Gasteiger partial charge in [-0.3, -0.25) is 14.4 Å². The maximum absolute atomic E-state index is 12.2. The lowest BCUT2D eigenvalue weighted by molar-refractivity contribution is -0.114. The summed E-state index contributed by atoms with van der Waals surface area (Å²) in [4.78, 5) is 42.1. The smallest absolute Gasteiger partial charge is 0.254 e. The first kappa shape index (κ1) is 17.9. The molecule has 0 bridgehead atoms. The van der Waals surface area contributed by atoms with Crippen molar-refractivity contribution in [1.82, 2.24) is 9.97 Å². The van der Waals surface area contributed by atoms with Crippen molar-refractivity contribution in [3.8, 4) is 0 Å². The number of aromatic nitrogens is 2. The molecule has 2 aromatic rings. The number of carbonyl (C=O) groups excluding carboxylic acids is 2. The number of rotatable bonds is 6. The van der Waals surface area contributed by atoms with Crippen LogP contribution in [0.25, 0.3) is 0 Å². The summed E-state index contributed by atoms with van der Waals surface area (Å²) in [6.07, 6.45) is 0.624. The average molecular weight is 345 g/mol. The van der Waals surface area contributed by atoms with Crippen molar-refractivity contribution in [2.75, 3.05) is 11.1 Å². The number of hydrogen-bond acceptors (Lipinski definition) is 5. The molecule has 126 valence electrons. The molecule has 0 saturated heterocycles. The Balaban J connectivity index is 2.03. The van der Waals surface area contributed by atoms with Crippen LogP contribution in [0.5, 0.6) is 0 Å². The van der Waals surface area contributed by atoms with E-state index in [0.29, 0.717) is 34.1 Å². The van der Waals surface area contributed by atoms with Crippen molar-refractivity contribution in [1.29, 1.82) is 0 Å². The van der Waals surface area contributed by atoms with Crippen molar-refractivity contribution in [3.63, 3.8) is 0 Å². The van der Waals surface area contributed by atoms with E-state index in [1.165, 1.54) is 18.7 Å². The van der Waals surface area contributed by atoms with Crippen LogP contribution >= 0.6 is 11.8 Å². The number of nitrogens with one attached hydrogen (secondary N) is 2. The van der Waals surface area contributed by atoms with Crippen molar-refractivity contribution in [2.24, 2.45) is 0 Å². The summed E-state index contributed by atoms with van der Waals surface area (Å²) in [5, 5.41) is 3.09. The normalized spacial score (nSPS) is 10.5. The lowest BCUT2D eigenvalue weighted by Crippen LogP contribution is -2.17. The SMILES string of the molecule is CCc1c(C)nc(SCC(=O)c2ccc(NC(C)=O)cc2)[nH]c1=O.